The fourth-order valence-electron chi connectivity index (χ4n) is 3.93. The quantitative estimate of drug-likeness (QED) is 0.796. The predicted octanol–water partition coefficient (Wildman–Crippen LogP) is 3.40. The van der Waals surface area contributed by atoms with Gasteiger partial charge in [-0.3, -0.25) is 4.79 Å². The van der Waals surface area contributed by atoms with Gasteiger partial charge in [-0.2, -0.15) is 0 Å². The van der Waals surface area contributed by atoms with Crippen LogP contribution < -0.4 is 10.1 Å². The van der Waals surface area contributed by atoms with Crippen molar-refractivity contribution in [3.63, 3.8) is 0 Å². The summed E-state index contributed by atoms with van der Waals surface area (Å²) < 4.78 is 11.2. The van der Waals surface area contributed by atoms with Crippen LogP contribution in [-0.4, -0.2) is 41.8 Å². The highest BCUT2D eigenvalue weighted by Crippen LogP contribution is 2.34. The number of ether oxygens (including phenoxy) is 2. The smallest absolute Gasteiger partial charge is 0.329 e. The lowest BCUT2D eigenvalue weighted by Crippen LogP contribution is -2.56. The summed E-state index contributed by atoms with van der Waals surface area (Å²) in [6, 6.07) is 6.92. The number of aliphatic carboxylic acids is 1. The van der Waals surface area contributed by atoms with Gasteiger partial charge in [0, 0.05) is 18.4 Å². The van der Waals surface area contributed by atoms with Gasteiger partial charge >= 0.3 is 5.97 Å². The number of carboxylic acid groups (broad SMARTS) is 1. The third kappa shape index (κ3) is 4.80. The lowest BCUT2D eigenvalue weighted by molar-refractivity contribution is -0.146. The van der Waals surface area contributed by atoms with Gasteiger partial charge in [-0.15, -0.1) is 0 Å². The molecule has 0 bridgehead atoms. The summed E-state index contributed by atoms with van der Waals surface area (Å²) in [7, 11) is 0. The molecule has 148 valence electrons. The van der Waals surface area contributed by atoms with Crippen molar-refractivity contribution >= 4 is 11.9 Å². The van der Waals surface area contributed by atoms with E-state index in [0.29, 0.717) is 37.5 Å². The molecule has 1 aromatic rings. The number of nitrogens with one attached hydrogen (secondary N) is 1. The Morgan fingerprint density at radius 2 is 1.78 bits per heavy atom. The van der Waals surface area contributed by atoms with Crippen LogP contribution in [0.3, 0.4) is 0 Å². The van der Waals surface area contributed by atoms with Gasteiger partial charge in [0.05, 0.1) is 13.2 Å². The number of hydrogen-bond donors (Lipinski definition) is 2. The molecule has 6 heteroatoms. The molecule has 6 nitrogen and oxygen atoms in total. The van der Waals surface area contributed by atoms with E-state index in [0.717, 1.165) is 37.9 Å². The lowest BCUT2D eigenvalue weighted by atomic mass is 9.75. The Bertz CT molecular complexity index is 643. The molecule has 1 heterocycles. The van der Waals surface area contributed by atoms with E-state index in [1.807, 2.05) is 0 Å². The van der Waals surface area contributed by atoms with Crippen molar-refractivity contribution in [3.05, 3.63) is 29.8 Å². The second-order valence-electron chi connectivity index (χ2n) is 7.65. The van der Waals surface area contributed by atoms with Crippen molar-refractivity contribution in [1.82, 2.24) is 5.32 Å². The first-order chi connectivity index (χ1) is 13.0. The molecule has 27 heavy (non-hydrogen) atoms. The molecule has 0 spiro atoms. The molecule has 0 aromatic heterocycles. The molecule has 1 aromatic carbocycles. The normalized spacial score (nSPS) is 26.3. The van der Waals surface area contributed by atoms with Crippen LogP contribution in [0.5, 0.6) is 5.75 Å². The summed E-state index contributed by atoms with van der Waals surface area (Å²) in [5.41, 5.74) is -0.701. The molecule has 1 amide bonds. The van der Waals surface area contributed by atoms with Crippen LogP contribution in [-0.2, 0) is 9.53 Å². The van der Waals surface area contributed by atoms with Crippen molar-refractivity contribution in [2.45, 2.75) is 63.5 Å². The molecule has 0 unspecified atom stereocenters. The molecule has 1 aliphatic carbocycles. The Hall–Kier alpha value is -2.08. The van der Waals surface area contributed by atoms with Crippen LogP contribution in [0.25, 0.3) is 0 Å². The van der Waals surface area contributed by atoms with Crippen LogP contribution in [0.2, 0.25) is 0 Å². The first-order valence-corrected chi connectivity index (χ1v) is 9.93. The molecule has 1 saturated heterocycles. The number of carbonyl (C=O) groups excluding carboxylic acids is 1. The number of amides is 1. The second-order valence-corrected chi connectivity index (χ2v) is 7.65. The molecular formula is C21H29NO5. The summed E-state index contributed by atoms with van der Waals surface area (Å²) in [5.74, 6) is -0.0133. The van der Waals surface area contributed by atoms with E-state index in [-0.39, 0.29) is 12.0 Å². The number of carboxylic acids is 1. The maximum absolute atomic E-state index is 12.6. The summed E-state index contributed by atoms with van der Waals surface area (Å²) in [4.78, 5) is 24.5. The van der Waals surface area contributed by atoms with Crippen molar-refractivity contribution < 1.29 is 24.2 Å². The summed E-state index contributed by atoms with van der Waals surface area (Å²) in [6.45, 7) is 3.55. The van der Waals surface area contributed by atoms with Gasteiger partial charge < -0.3 is 19.9 Å². The van der Waals surface area contributed by atoms with Gasteiger partial charge in [0.1, 0.15) is 17.4 Å². The Morgan fingerprint density at radius 1 is 1.15 bits per heavy atom. The average Bonchev–Trinajstić information content (AvgIpc) is 2.69. The van der Waals surface area contributed by atoms with E-state index in [1.54, 1.807) is 24.3 Å². The highest BCUT2D eigenvalue weighted by molar-refractivity contribution is 5.98. The van der Waals surface area contributed by atoms with Crippen LogP contribution in [0.1, 0.15) is 62.2 Å². The van der Waals surface area contributed by atoms with Crippen molar-refractivity contribution in [2.75, 3.05) is 13.2 Å². The molecule has 0 atom stereocenters. The van der Waals surface area contributed by atoms with Crippen LogP contribution in [0.15, 0.2) is 24.3 Å². The Labute approximate surface area is 160 Å². The van der Waals surface area contributed by atoms with E-state index >= 15 is 0 Å². The Kier molecular flexibility index (Phi) is 6.37. The van der Waals surface area contributed by atoms with E-state index in [1.165, 1.54) is 0 Å². The first-order valence-electron chi connectivity index (χ1n) is 9.93. The second kappa shape index (κ2) is 8.74. The van der Waals surface area contributed by atoms with Gasteiger partial charge in [0.2, 0.25) is 0 Å². The molecule has 2 aliphatic rings. The number of rotatable bonds is 6. The molecule has 1 saturated carbocycles. The molecular weight excluding hydrogens is 346 g/mol. The number of carbonyl (C=O) groups is 2. The van der Waals surface area contributed by atoms with Crippen LogP contribution in [0.4, 0.5) is 0 Å². The third-order valence-electron chi connectivity index (χ3n) is 5.89. The van der Waals surface area contributed by atoms with Crippen LogP contribution in [0, 0.1) is 5.92 Å². The topological polar surface area (TPSA) is 84.9 Å². The number of benzene rings is 1. The van der Waals surface area contributed by atoms with Gasteiger partial charge in [-0.25, -0.2) is 4.79 Å². The first kappa shape index (κ1) is 19.7. The van der Waals surface area contributed by atoms with E-state index in [9.17, 15) is 14.7 Å². The zero-order valence-corrected chi connectivity index (χ0v) is 15.9. The minimum Gasteiger partial charge on any atom is -0.490 e. The van der Waals surface area contributed by atoms with Gasteiger partial charge in [-0.1, -0.05) is 13.3 Å². The maximum atomic E-state index is 12.6. The molecule has 0 radical (unpaired) electrons. The average molecular weight is 375 g/mol. The Morgan fingerprint density at radius 3 is 2.33 bits per heavy atom. The SMILES string of the molecule is CCC1CCC(NC(=O)c2ccc(OC3CCOCC3)cc2)(C(=O)O)CC1. The molecule has 3 rings (SSSR count). The summed E-state index contributed by atoms with van der Waals surface area (Å²) in [5, 5.41) is 12.5. The predicted molar refractivity (Wildman–Crippen MR) is 101 cm³/mol. The zero-order valence-electron chi connectivity index (χ0n) is 15.9. The fourth-order valence-corrected chi connectivity index (χ4v) is 3.93. The molecule has 2 N–H and O–H groups in total. The number of hydrogen-bond acceptors (Lipinski definition) is 4. The van der Waals surface area contributed by atoms with E-state index in [4.69, 9.17) is 9.47 Å². The highest BCUT2D eigenvalue weighted by Gasteiger charge is 2.43. The van der Waals surface area contributed by atoms with Crippen LogP contribution >= 0.6 is 0 Å². The largest absolute Gasteiger partial charge is 0.490 e. The molecule has 2 fully saturated rings. The minimum atomic E-state index is -1.15. The Balaban J connectivity index is 1.61. The van der Waals surface area contributed by atoms with Gasteiger partial charge in [0.15, 0.2) is 0 Å². The fraction of sp³-hybridized carbons (Fsp3) is 0.619. The van der Waals surface area contributed by atoms with Gasteiger partial charge in [-0.05, 0) is 55.9 Å². The highest BCUT2D eigenvalue weighted by atomic mass is 16.5. The van der Waals surface area contributed by atoms with Crippen molar-refractivity contribution in [1.29, 1.82) is 0 Å². The monoisotopic (exact) mass is 375 g/mol. The zero-order chi connectivity index (χ0) is 19.3. The van der Waals surface area contributed by atoms with Crippen molar-refractivity contribution in [2.24, 2.45) is 5.92 Å². The van der Waals surface area contributed by atoms with E-state index < -0.39 is 11.5 Å². The molecule has 1 aliphatic heterocycles. The lowest BCUT2D eigenvalue weighted by Gasteiger charge is -2.37. The standard InChI is InChI=1S/C21H29NO5/c1-2-15-7-11-21(12-8-15,20(24)25)22-19(23)16-3-5-17(6-4-16)27-18-9-13-26-14-10-18/h3-6,15,18H,2,7-14H2,1H3,(H,22,23)(H,24,25). The minimum absolute atomic E-state index is 0.141. The van der Waals surface area contributed by atoms with E-state index in [2.05, 4.69) is 12.2 Å². The van der Waals surface area contributed by atoms with Gasteiger partial charge in [0.25, 0.3) is 5.91 Å². The third-order valence-corrected chi connectivity index (χ3v) is 5.89. The van der Waals surface area contributed by atoms with Crippen molar-refractivity contribution in [3.8, 4) is 5.75 Å². The maximum Gasteiger partial charge on any atom is 0.329 e. The summed E-state index contributed by atoms with van der Waals surface area (Å²) >= 11 is 0. The summed E-state index contributed by atoms with van der Waals surface area (Å²) in [6.07, 6.45) is 5.56.